The number of phenols is 1. The largest absolute Gasteiger partial charge is 0.508 e. The Balaban J connectivity index is 1.20. The van der Waals surface area contributed by atoms with Gasteiger partial charge >= 0.3 is 0 Å². The Labute approximate surface area is 216 Å². The van der Waals surface area contributed by atoms with Gasteiger partial charge in [0.25, 0.3) is 0 Å². The number of rotatable bonds is 9. The van der Waals surface area contributed by atoms with Crippen molar-refractivity contribution in [1.82, 2.24) is 9.88 Å². The van der Waals surface area contributed by atoms with Crippen LogP contribution < -0.4 is 4.74 Å². The fraction of sp³-hybridized carbons (Fsp3) is 0.226. The number of benzene rings is 3. The molecule has 0 radical (unpaired) electrons. The number of aldehydes is 1. The van der Waals surface area contributed by atoms with Gasteiger partial charge in [0.05, 0.1) is 12.3 Å². The smallest absolute Gasteiger partial charge is 0.226 e. The van der Waals surface area contributed by atoms with Crippen LogP contribution in [0.4, 0.5) is 0 Å². The van der Waals surface area contributed by atoms with E-state index in [0.717, 1.165) is 58.8 Å². The molecule has 6 nitrogen and oxygen atoms in total. The van der Waals surface area contributed by atoms with Crippen LogP contribution in [0.5, 0.6) is 11.5 Å². The molecule has 1 fully saturated rings. The zero-order chi connectivity index (χ0) is 25.6. The molecule has 1 aliphatic heterocycles. The summed E-state index contributed by atoms with van der Waals surface area (Å²) in [5, 5.41) is 9.51. The van der Waals surface area contributed by atoms with Crippen LogP contribution in [-0.4, -0.2) is 41.0 Å². The third-order valence-corrected chi connectivity index (χ3v) is 6.58. The number of oxazole rings is 1. The Hall–Kier alpha value is -4.16. The number of likely N-dealkylation sites (tertiary alicyclic amines) is 1. The Morgan fingerprint density at radius 1 is 1.08 bits per heavy atom. The van der Waals surface area contributed by atoms with E-state index in [4.69, 9.17) is 9.15 Å². The molecule has 0 amide bonds. The molecule has 3 aromatic carbocycles. The predicted molar refractivity (Wildman–Crippen MR) is 143 cm³/mol. The molecule has 4 aromatic rings. The number of ether oxygens (including phenoxy) is 1. The lowest BCUT2D eigenvalue weighted by atomic mass is 10.0. The van der Waals surface area contributed by atoms with Gasteiger partial charge in [-0.1, -0.05) is 48.5 Å². The highest BCUT2D eigenvalue weighted by Gasteiger charge is 2.27. The molecule has 2 heterocycles. The molecule has 1 saturated heterocycles. The van der Waals surface area contributed by atoms with Crippen molar-refractivity contribution < 1.29 is 19.1 Å². The fourth-order valence-corrected chi connectivity index (χ4v) is 4.64. The Morgan fingerprint density at radius 2 is 1.89 bits per heavy atom. The molecule has 0 spiro atoms. The van der Waals surface area contributed by atoms with Gasteiger partial charge in [-0.05, 0) is 60.0 Å². The number of aryl methyl sites for hydroxylation is 1. The molecule has 6 heteroatoms. The van der Waals surface area contributed by atoms with E-state index in [-0.39, 0.29) is 11.7 Å². The molecule has 1 aliphatic rings. The van der Waals surface area contributed by atoms with E-state index in [2.05, 4.69) is 16.0 Å². The van der Waals surface area contributed by atoms with Crippen LogP contribution in [0.25, 0.3) is 17.5 Å². The van der Waals surface area contributed by atoms with Gasteiger partial charge in [0.2, 0.25) is 5.89 Å². The predicted octanol–water partition coefficient (Wildman–Crippen LogP) is 5.69. The second-order valence-electron chi connectivity index (χ2n) is 9.36. The summed E-state index contributed by atoms with van der Waals surface area (Å²) in [5.41, 5.74) is 5.07. The molecule has 0 bridgehead atoms. The van der Waals surface area contributed by atoms with E-state index in [1.807, 2.05) is 73.7 Å². The summed E-state index contributed by atoms with van der Waals surface area (Å²) in [6.07, 6.45) is 3.77. The first-order chi connectivity index (χ1) is 18.1. The van der Waals surface area contributed by atoms with Crippen LogP contribution in [0, 0.1) is 12.8 Å². The molecule has 1 N–H and O–H groups in total. The van der Waals surface area contributed by atoms with Crippen molar-refractivity contribution in [2.24, 2.45) is 5.92 Å². The lowest BCUT2D eigenvalue weighted by Gasteiger charge is -2.14. The fourth-order valence-electron chi connectivity index (χ4n) is 4.64. The minimum absolute atomic E-state index is 0.129. The monoisotopic (exact) mass is 494 g/mol. The standard InChI is InChI=1S/C31H30N2O4/c1-22-30(32-31(37-22)25-7-3-2-4-8-25)14-15-36-29-9-5-6-24(17-29)16-26-19-33(20-27(26)21-34)18-23-10-12-28(35)13-11-23/h2-13,16-17,21,27,35H,14-15,18-20H2,1H3/b26-16+. The summed E-state index contributed by atoms with van der Waals surface area (Å²) in [6.45, 7) is 4.56. The van der Waals surface area contributed by atoms with E-state index in [1.54, 1.807) is 12.1 Å². The second kappa shape index (κ2) is 11.3. The third kappa shape index (κ3) is 6.16. The van der Waals surface area contributed by atoms with E-state index in [0.29, 0.717) is 25.5 Å². The minimum Gasteiger partial charge on any atom is -0.508 e. The summed E-state index contributed by atoms with van der Waals surface area (Å²) < 4.78 is 11.9. The molecule has 0 saturated carbocycles. The van der Waals surface area contributed by atoms with Gasteiger partial charge in [-0.25, -0.2) is 4.98 Å². The van der Waals surface area contributed by atoms with Crippen LogP contribution in [0.1, 0.15) is 22.6 Å². The number of carbonyl (C=O) groups excluding carboxylic acids is 1. The van der Waals surface area contributed by atoms with Gasteiger partial charge in [-0.15, -0.1) is 0 Å². The Kier molecular flexibility index (Phi) is 7.47. The van der Waals surface area contributed by atoms with Gasteiger partial charge < -0.3 is 19.1 Å². The zero-order valence-electron chi connectivity index (χ0n) is 20.8. The summed E-state index contributed by atoms with van der Waals surface area (Å²) >= 11 is 0. The zero-order valence-corrected chi connectivity index (χ0v) is 20.8. The highest BCUT2D eigenvalue weighted by Crippen LogP contribution is 2.27. The van der Waals surface area contributed by atoms with Crippen LogP contribution in [0.15, 0.2) is 88.9 Å². The van der Waals surface area contributed by atoms with E-state index in [9.17, 15) is 9.90 Å². The number of aromatic nitrogens is 1. The van der Waals surface area contributed by atoms with Crippen LogP contribution >= 0.6 is 0 Å². The third-order valence-electron chi connectivity index (χ3n) is 6.58. The maximum absolute atomic E-state index is 11.8. The highest BCUT2D eigenvalue weighted by atomic mass is 16.5. The van der Waals surface area contributed by atoms with Crippen molar-refractivity contribution in [3.63, 3.8) is 0 Å². The maximum atomic E-state index is 11.8. The first kappa shape index (κ1) is 24.5. The first-order valence-corrected chi connectivity index (χ1v) is 12.5. The molecule has 37 heavy (non-hydrogen) atoms. The summed E-state index contributed by atoms with van der Waals surface area (Å²) in [4.78, 5) is 18.7. The van der Waals surface area contributed by atoms with Gasteiger partial charge in [0.1, 0.15) is 23.5 Å². The normalized spacial score (nSPS) is 16.8. The number of hydrogen-bond acceptors (Lipinski definition) is 6. The number of hydrogen-bond donors (Lipinski definition) is 1. The van der Waals surface area contributed by atoms with E-state index >= 15 is 0 Å². The van der Waals surface area contributed by atoms with Crippen LogP contribution in [0.2, 0.25) is 0 Å². The van der Waals surface area contributed by atoms with Gasteiger partial charge in [-0.3, -0.25) is 4.90 Å². The van der Waals surface area contributed by atoms with Crippen molar-refractivity contribution >= 4 is 12.4 Å². The van der Waals surface area contributed by atoms with Gasteiger partial charge in [0.15, 0.2) is 0 Å². The summed E-state index contributed by atoms with van der Waals surface area (Å²) in [5.74, 6) is 2.34. The minimum atomic E-state index is -0.129. The average molecular weight is 495 g/mol. The van der Waals surface area contributed by atoms with Gasteiger partial charge in [-0.2, -0.15) is 0 Å². The van der Waals surface area contributed by atoms with Crippen molar-refractivity contribution in [3.8, 4) is 23.0 Å². The molecule has 1 atom stereocenters. The molecule has 1 aromatic heterocycles. The second-order valence-corrected chi connectivity index (χ2v) is 9.36. The quantitative estimate of drug-likeness (QED) is 0.301. The van der Waals surface area contributed by atoms with Crippen molar-refractivity contribution in [2.75, 3.05) is 19.7 Å². The topological polar surface area (TPSA) is 75.8 Å². The lowest BCUT2D eigenvalue weighted by molar-refractivity contribution is -0.110. The summed E-state index contributed by atoms with van der Waals surface area (Å²) in [6, 6.07) is 25.0. The summed E-state index contributed by atoms with van der Waals surface area (Å²) in [7, 11) is 0. The van der Waals surface area contributed by atoms with Gasteiger partial charge in [0, 0.05) is 37.5 Å². The molecule has 1 unspecified atom stereocenters. The first-order valence-electron chi connectivity index (χ1n) is 12.5. The van der Waals surface area contributed by atoms with Crippen molar-refractivity contribution in [3.05, 3.63) is 107 Å². The van der Waals surface area contributed by atoms with Crippen molar-refractivity contribution in [2.45, 2.75) is 19.9 Å². The van der Waals surface area contributed by atoms with Crippen LogP contribution in [-0.2, 0) is 17.8 Å². The molecular formula is C31H30N2O4. The number of carbonyl (C=O) groups is 1. The lowest BCUT2D eigenvalue weighted by Crippen LogP contribution is -2.20. The molecule has 5 rings (SSSR count). The van der Waals surface area contributed by atoms with E-state index < -0.39 is 0 Å². The maximum Gasteiger partial charge on any atom is 0.226 e. The van der Waals surface area contributed by atoms with Crippen LogP contribution in [0.3, 0.4) is 0 Å². The number of aromatic hydroxyl groups is 1. The number of phenolic OH excluding ortho intramolecular Hbond substituents is 1. The Bertz CT molecular complexity index is 1380. The Morgan fingerprint density at radius 3 is 2.68 bits per heavy atom. The molecule has 0 aliphatic carbocycles. The SMILES string of the molecule is Cc1oc(-c2ccccc2)nc1CCOc1cccc(/C=C2\CN(Cc3ccc(O)cc3)CC2C=O)c1. The molecular weight excluding hydrogens is 464 g/mol. The number of nitrogens with zero attached hydrogens (tertiary/aromatic N) is 2. The molecule has 188 valence electrons. The highest BCUT2D eigenvalue weighted by molar-refractivity contribution is 5.67. The average Bonchev–Trinajstić information content (AvgIpc) is 3.48. The van der Waals surface area contributed by atoms with E-state index in [1.165, 1.54) is 0 Å². The van der Waals surface area contributed by atoms with Crippen molar-refractivity contribution in [1.29, 1.82) is 0 Å².